The Balaban J connectivity index is 0.000000309. The van der Waals surface area contributed by atoms with E-state index in [4.69, 9.17) is 18.6 Å². The van der Waals surface area contributed by atoms with Crippen LogP contribution in [0.25, 0.3) is 11.6 Å². The molecule has 3 heterocycles. The van der Waals surface area contributed by atoms with E-state index in [1.54, 1.807) is 11.8 Å². The standard InChI is InChI=1S/C14H13N2S.ClHO4/c1-15-9-10-17-14(15)11-13-7-4-6-12-5-2-3-8-16(12)13;2-1(3,4)5/h2-11H,1H3;(H,2,3,4,5)/q+1;/p-1. The first-order valence-corrected chi connectivity index (χ1v) is 8.25. The lowest BCUT2D eigenvalue weighted by molar-refractivity contribution is -2.00. The van der Waals surface area contributed by atoms with Crippen LogP contribution in [0.15, 0.2) is 59.2 Å². The lowest BCUT2D eigenvalue weighted by Crippen LogP contribution is -2.68. The number of aromatic nitrogens is 1. The van der Waals surface area contributed by atoms with Gasteiger partial charge in [0.25, 0.3) is 0 Å². The smallest absolute Gasteiger partial charge is 0.213 e. The molecule has 0 fully saturated rings. The molecule has 2 aromatic rings. The van der Waals surface area contributed by atoms with Gasteiger partial charge >= 0.3 is 0 Å². The number of halogens is 1. The maximum atomic E-state index is 8.49. The van der Waals surface area contributed by atoms with Crippen LogP contribution in [0.5, 0.6) is 0 Å². The monoisotopic (exact) mass is 340 g/mol. The average Bonchev–Trinajstić information content (AvgIpc) is 2.83. The molecule has 0 saturated heterocycles. The highest BCUT2D eigenvalue weighted by molar-refractivity contribution is 8.06. The maximum absolute atomic E-state index is 8.49. The van der Waals surface area contributed by atoms with Gasteiger partial charge in [0, 0.05) is 43.6 Å². The minimum atomic E-state index is -4.94. The summed E-state index contributed by atoms with van der Waals surface area (Å²) in [6.07, 6.45) is 6.37. The molecular weight excluding hydrogens is 328 g/mol. The van der Waals surface area contributed by atoms with Gasteiger partial charge < -0.3 is 4.90 Å². The second-order valence-corrected chi connectivity index (χ2v) is 6.00. The molecule has 22 heavy (non-hydrogen) atoms. The molecule has 0 atom stereocenters. The van der Waals surface area contributed by atoms with Gasteiger partial charge in [-0.25, -0.2) is 18.6 Å². The van der Waals surface area contributed by atoms with Gasteiger partial charge in [-0.15, -0.1) is 10.2 Å². The summed E-state index contributed by atoms with van der Waals surface area (Å²) in [5.74, 6) is 0. The van der Waals surface area contributed by atoms with Crippen LogP contribution >= 0.6 is 11.8 Å². The number of fused-ring (bicyclic) bond motifs is 1. The zero-order valence-corrected chi connectivity index (χ0v) is 13.2. The highest BCUT2D eigenvalue weighted by atomic mass is 35.7. The molecule has 2 aromatic heterocycles. The summed E-state index contributed by atoms with van der Waals surface area (Å²) in [7, 11) is -2.88. The molecule has 0 saturated carbocycles. The molecule has 8 heteroatoms. The minimum Gasteiger partial charge on any atom is -0.345 e. The average molecular weight is 341 g/mol. The molecule has 0 unspecified atom stereocenters. The molecule has 0 spiro atoms. The third-order valence-corrected chi connectivity index (χ3v) is 3.70. The van der Waals surface area contributed by atoms with Crippen LogP contribution in [-0.4, -0.2) is 11.9 Å². The van der Waals surface area contributed by atoms with Crippen LogP contribution in [0.4, 0.5) is 0 Å². The first-order chi connectivity index (χ1) is 10.3. The van der Waals surface area contributed by atoms with Crippen LogP contribution in [0.3, 0.4) is 0 Å². The van der Waals surface area contributed by atoms with Crippen molar-refractivity contribution in [1.82, 2.24) is 4.90 Å². The topological polar surface area (TPSA) is 99.6 Å². The third kappa shape index (κ3) is 4.99. The zero-order chi connectivity index (χ0) is 16.2. The van der Waals surface area contributed by atoms with Gasteiger partial charge in [-0.3, -0.25) is 0 Å². The largest absolute Gasteiger partial charge is 0.345 e. The van der Waals surface area contributed by atoms with Gasteiger partial charge in [0.1, 0.15) is 0 Å². The highest BCUT2D eigenvalue weighted by Gasteiger charge is 2.12. The minimum absolute atomic E-state index is 1.20. The van der Waals surface area contributed by atoms with E-state index in [1.807, 2.05) is 0 Å². The fourth-order valence-corrected chi connectivity index (χ4v) is 2.68. The summed E-state index contributed by atoms with van der Waals surface area (Å²) in [4.78, 5) is 2.13. The molecule has 0 amide bonds. The Morgan fingerprint density at radius 3 is 2.41 bits per heavy atom. The lowest BCUT2D eigenvalue weighted by Gasteiger charge is -2.17. The Kier molecular flexibility index (Phi) is 5.41. The Bertz CT molecular complexity index is 704. The van der Waals surface area contributed by atoms with E-state index in [2.05, 4.69) is 76.6 Å². The van der Waals surface area contributed by atoms with Crippen molar-refractivity contribution in [2.45, 2.75) is 0 Å². The van der Waals surface area contributed by atoms with Crippen molar-refractivity contribution in [1.29, 1.82) is 0 Å². The van der Waals surface area contributed by atoms with Crippen molar-refractivity contribution < 1.29 is 33.3 Å². The first kappa shape index (κ1) is 16.8. The number of thioether (sulfide) groups is 1. The number of hydrogen-bond acceptors (Lipinski definition) is 6. The quantitative estimate of drug-likeness (QED) is 0.563. The lowest BCUT2D eigenvalue weighted by atomic mass is 10.3. The third-order valence-electron chi connectivity index (χ3n) is 2.80. The zero-order valence-electron chi connectivity index (χ0n) is 11.6. The molecule has 116 valence electrons. The SMILES string of the molecule is CN1C=CSC1=Cc1cccc2cccc[n+]12.[O-][Cl+3]([O-])([O-])[O-]. The van der Waals surface area contributed by atoms with E-state index >= 15 is 0 Å². The number of hydrogen-bond donors (Lipinski definition) is 0. The second kappa shape index (κ2) is 7.10. The van der Waals surface area contributed by atoms with E-state index in [9.17, 15) is 0 Å². The van der Waals surface area contributed by atoms with E-state index < -0.39 is 10.2 Å². The van der Waals surface area contributed by atoms with E-state index in [1.165, 1.54) is 16.2 Å². The van der Waals surface area contributed by atoms with Gasteiger partial charge in [-0.1, -0.05) is 11.8 Å². The fourth-order valence-electron chi connectivity index (χ4n) is 1.88. The molecule has 0 aromatic carbocycles. The van der Waals surface area contributed by atoms with E-state index in [0.717, 1.165) is 0 Å². The normalized spacial score (nSPS) is 16.0. The van der Waals surface area contributed by atoms with Crippen molar-refractivity contribution in [3.05, 3.63) is 64.9 Å². The molecule has 3 rings (SSSR count). The van der Waals surface area contributed by atoms with E-state index in [-0.39, 0.29) is 0 Å². The molecule has 0 radical (unpaired) electrons. The number of rotatable bonds is 1. The van der Waals surface area contributed by atoms with Gasteiger partial charge in [-0.2, -0.15) is 4.40 Å². The summed E-state index contributed by atoms with van der Waals surface area (Å²) in [5, 5.41) is 3.34. The summed E-state index contributed by atoms with van der Waals surface area (Å²) in [5.41, 5.74) is 2.40. The molecule has 0 bridgehead atoms. The Morgan fingerprint density at radius 2 is 1.77 bits per heavy atom. The van der Waals surface area contributed by atoms with Crippen LogP contribution < -0.4 is 23.0 Å². The maximum Gasteiger partial charge on any atom is 0.213 e. The Hall–Kier alpha value is -1.61. The van der Waals surface area contributed by atoms with Crippen molar-refractivity contribution in [2.24, 2.45) is 0 Å². The molecule has 1 aliphatic heterocycles. The highest BCUT2D eigenvalue weighted by Crippen LogP contribution is 2.28. The van der Waals surface area contributed by atoms with Crippen molar-refractivity contribution >= 4 is 23.4 Å². The van der Waals surface area contributed by atoms with Gasteiger partial charge in [0.05, 0.1) is 5.03 Å². The van der Waals surface area contributed by atoms with Crippen molar-refractivity contribution in [2.75, 3.05) is 7.05 Å². The van der Waals surface area contributed by atoms with Crippen LogP contribution in [0, 0.1) is 10.2 Å². The molecule has 1 aliphatic rings. The first-order valence-electron chi connectivity index (χ1n) is 6.13. The summed E-state index contributed by atoms with van der Waals surface area (Å²) < 4.78 is 36.2. The van der Waals surface area contributed by atoms with Gasteiger partial charge in [0.15, 0.2) is 6.20 Å². The Morgan fingerprint density at radius 1 is 1.09 bits per heavy atom. The Labute approximate surface area is 134 Å². The van der Waals surface area contributed by atoms with Crippen LogP contribution in [0.2, 0.25) is 0 Å². The summed E-state index contributed by atoms with van der Waals surface area (Å²) in [6, 6.07) is 12.6. The van der Waals surface area contributed by atoms with Gasteiger partial charge in [0.2, 0.25) is 11.2 Å². The van der Waals surface area contributed by atoms with Crippen LogP contribution in [0.1, 0.15) is 5.69 Å². The molecule has 6 nitrogen and oxygen atoms in total. The molecule has 0 aliphatic carbocycles. The number of pyridine rings is 2. The van der Waals surface area contributed by atoms with Crippen molar-refractivity contribution in [3.63, 3.8) is 0 Å². The molecular formula is C14H13ClN2O4S. The summed E-state index contributed by atoms with van der Waals surface area (Å²) in [6.45, 7) is 0. The van der Waals surface area contributed by atoms with Crippen molar-refractivity contribution in [3.8, 4) is 0 Å². The second-order valence-electron chi connectivity index (χ2n) is 4.32. The fraction of sp³-hybridized carbons (Fsp3) is 0.0714. The van der Waals surface area contributed by atoms with E-state index in [0.29, 0.717) is 0 Å². The predicted molar refractivity (Wildman–Crippen MR) is 72.1 cm³/mol. The van der Waals surface area contributed by atoms with Gasteiger partial charge in [-0.05, 0) is 17.5 Å². The summed E-state index contributed by atoms with van der Waals surface area (Å²) >= 11 is 1.75. The molecule has 0 N–H and O–H groups in total. The number of nitrogens with zero attached hydrogens (tertiary/aromatic N) is 2. The van der Waals surface area contributed by atoms with Crippen LogP contribution in [-0.2, 0) is 0 Å². The predicted octanol–water partition coefficient (Wildman–Crippen LogP) is -1.88.